The van der Waals surface area contributed by atoms with Crippen LogP contribution in [0.1, 0.15) is 18.4 Å². The first-order chi connectivity index (χ1) is 12.9. The van der Waals surface area contributed by atoms with Crippen LogP contribution in [0.25, 0.3) is 11.0 Å². The Labute approximate surface area is 158 Å². The van der Waals surface area contributed by atoms with Crippen molar-refractivity contribution in [3.05, 3.63) is 54.1 Å². The van der Waals surface area contributed by atoms with Gasteiger partial charge in [0, 0.05) is 13.1 Å². The summed E-state index contributed by atoms with van der Waals surface area (Å²) in [5.74, 6) is 0.363. The maximum Gasteiger partial charge on any atom is 0.227 e. The first kappa shape index (κ1) is 17.9. The van der Waals surface area contributed by atoms with Gasteiger partial charge < -0.3 is 10.0 Å². The molecule has 0 bridgehead atoms. The molecule has 2 aromatic carbocycles. The maximum absolute atomic E-state index is 13.4. The Morgan fingerprint density at radius 2 is 1.67 bits per heavy atom. The van der Waals surface area contributed by atoms with Gasteiger partial charge in [-0.15, -0.1) is 0 Å². The first-order valence-corrected chi connectivity index (χ1v) is 10.4. The number of hydrogen-bond acceptors (Lipinski definition) is 6. The van der Waals surface area contributed by atoms with Crippen LogP contribution in [0.5, 0.6) is 0 Å². The van der Waals surface area contributed by atoms with Crippen LogP contribution in [0.15, 0.2) is 58.5 Å². The molecule has 2 heterocycles. The summed E-state index contributed by atoms with van der Waals surface area (Å²) >= 11 is 0. The zero-order chi connectivity index (χ0) is 19.0. The van der Waals surface area contributed by atoms with Crippen molar-refractivity contribution in [2.24, 2.45) is 0 Å². The predicted molar refractivity (Wildman–Crippen MR) is 104 cm³/mol. The molecule has 0 aliphatic carbocycles. The molecule has 6 nitrogen and oxygen atoms in total. The van der Waals surface area contributed by atoms with Crippen LogP contribution >= 0.6 is 0 Å². The van der Waals surface area contributed by atoms with Crippen LogP contribution < -0.4 is 4.90 Å². The lowest BCUT2D eigenvalue weighted by Gasteiger charge is -2.31. The molecular weight excluding hydrogens is 362 g/mol. The number of rotatable bonds is 3. The van der Waals surface area contributed by atoms with Crippen LogP contribution in [-0.4, -0.2) is 42.7 Å². The summed E-state index contributed by atoms with van der Waals surface area (Å²) in [5.41, 5.74) is 2.07. The number of aromatic nitrogens is 2. The average molecular weight is 383 g/mol. The highest BCUT2D eigenvalue weighted by Gasteiger charge is 2.30. The van der Waals surface area contributed by atoms with Crippen LogP contribution in [-0.2, 0) is 9.84 Å². The summed E-state index contributed by atoms with van der Waals surface area (Å²) in [6, 6.07) is 14.1. The van der Waals surface area contributed by atoms with Crippen molar-refractivity contribution in [1.29, 1.82) is 0 Å². The molecule has 0 atom stereocenters. The van der Waals surface area contributed by atoms with Gasteiger partial charge in [-0.2, -0.15) is 0 Å². The highest BCUT2D eigenvalue weighted by Crippen LogP contribution is 2.31. The van der Waals surface area contributed by atoms with E-state index in [1.54, 1.807) is 24.3 Å². The van der Waals surface area contributed by atoms with E-state index in [-0.39, 0.29) is 16.0 Å². The lowest BCUT2D eigenvalue weighted by Crippen LogP contribution is -2.37. The molecule has 27 heavy (non-hydrogen) atoms. The number of aliphatic hydroxyl groups is 1. The third kappa shape index (κ3) is 3.40. The van der Waals surface area contributed by atoms with E-state index in [0.717, 1.165) is 5.56 Å². The molecule has 1 saturated heterocycles. The molecule has 0 radical (unpaired) electrons. The van der Waals surface area contributed by atoms with Gasteiger partial charge in [-0.25, -0.2) is 18.4 Å². The Hall–Kier alpha value is -2.51. The monoisotopic (exact) mass is 383 g/mol. The van der Waals surface area contributed by atoms with Gasteiger partial charge in [-0.1, -0.05) is 24.3 Å². The lowest BCUT2D eigenvalue weighted by atomic mass is 10.1. The molecule has 1 aliphatic rings. The molecule has 3 aromatic rings. The second kappa shape index (κ2) is 6.90. The van der Waals surface area contributed by atoms with Gasteiger partial charge in [-0.05, 0) is 49.6 Å². The zero-order valence-corrected chi connectivity index (χ0v) is 15.9. The molecule has 140 valence electrons. The van der Waals surface area contributed by atoms with Crippen molar-refractivity contribution in [2.75, 3.05) is 18.0 Å². The fourth-order valence-electron chi connectivity index (χ4n) is 3.33. The van der Waals surface area contributed by atoms with Crippen molar-refractivity contribution in [3.63, 3.8) is 0 Å². The van der Waals surface area contributed by atoms with E-state index in [1.165, 1.54) is 0 Å². The lowest BCUT2D eigenvalue weighted by molar-refractivity contribution is 0.145. The van der Waals surface area contributed by atoms with Crippen LogP contribution in [0.4, 0.5) is 5.82 Å². The molecule has 1 fully saturated rings. The number of sulfone groups is 1. The normalized spacial score (nSPS) is 16.0. The van der Waals surface area contributed by atoms with Gasteiger partial charge in [0.05, 0.1) is 22.0 Å². The number of aliphatic hydroxyl groups excluding tert-OH is 1. The summed E-state index contributed by atoms with van der Waals surface area (Å²) in [5, 5.41) is 9.78. The van der Waals surface area contributed by atoms with Crippen LogP contribution in [0, 0.1) is 6.92 Å². The van der Waals surface area contributed by atoms with E-state index in [4.69, 9.17) is 0 Å². The molecule has 0 unspecified atom stereocenters. The maximum atomic E-state index is 13.4. The van der Waals surface area contributed by atoms with E-state index in [0.29, 0.717) is 42.8 Å². The Bertz CT molecular complexity index is 1090. The van der Waals surface area contributed by atoms with Crippen molar-refractivity contribution >= 4 is 26.7 Å². The molecule has 0 spiro atoms. The quantitative estimate of drug-likeness (QED) is 0.749. The van der Waals surface area contributed by atoms with E-state index in [2.05, 4.69) is 9.97 Å². The Morgan fingerprint density at radius 3 is 2.33 bits per heavy atom. The topological polar surface area (TPSA) is 83.4 Å². The van der Waals surface area contributed by atoms with E-state index in [9.17, 15) is 13.5 Å². The van der Waals surface area contributed by atoms with E-state index >= 15 is 0 Å². The van der Waals surface area contributed by atoms with E-state index < -0.39 is 9.84 Å². The molecule has 7 heteroatoms. The number of para-hydroxylation sites is 2. The second-order valence-corrected chi connectivity index (χ2v) is 8.74. The van der Waals surface area contributed by atoms with Gasteiger partial charge in [-0.3, -0.25) is 0 Å². The molecule has 1 aromatic heterocycles. The second-order valence-electron chi connectivity index (χ2n) is 6.88. The standard InChI is InChI=1S/C20H21N3O3S/c1-14-5-4-6-16(13-14)27(25,26)20-19(23-11-9-15(24)10-12-23)21-17-7-2-3-8-18(17)22-20/h2-8,13,15,24H,9-12H2,1H3. The minimum absolute atomic E-state index is 0.0248. The summed E-state index contributed by atoms with van der Waals surface area (Å²) in [7, 11) is -3.82. The molecule has 0 saturated carbocycles. The Kier molecular flexibility index (Phi) is 4.57. The summed E-state index contributed by atoms with van der Waals surface area (Å²) in [4.78, 5) is 11.3. The molecular formula is C20H21N3O3S. The minimum Gasteiger partial charge on any atom is -0.393 e. The van der Waals surface area contributed by atoms with Gasteiger partial charge >= 0.3 is 0 Å². The third-order valence-corrected chi connectivity index (χ3v) is 6.50. The Morgan fingerprint density at radius 1 is 1.00 bits per heavy atom. The largest absolute Gasteiger partial charge is 0.393 e. The van der Waals surface area contributed by atoms with Crippen molar-refractivity contribution < 1.29 is 13.5 Å². The molecule has 0 amide bonds. The Balaban J connectivity index is 1.91. The smallest absolute Gasteiger partial charge is 0.227 e. The highest BCUT2D eigenvalue weighted by molar-refractivity contribution is 7.91. The van der Waals surface area contributed by atoms with Crippen LogP contribution in [0.2, 0.25) is 0 Å². The van der Waals surface area contributed by atoms with Crippen molar-refractivity contribution in [1.82, 2.24) is 9.97 Å². The number of aryl methyl sites for hydroxylation is 1. The molecule has 4 rings (SSSR count). The number of hydrogen-bond donors (Lipinski definition) is 1. The molecule has 1 N–H and O–H groups in total. The number of fused-ring (bicyclic) bond motifs is 1. The van der Waals surface area contributed by atoms with Crippen molar-refractivity contribution in [2.45, 2.75) is 35.8 Å². The predicted octanol–water partition coefficient (Wildman–Crippen LogP) is 2.73. The SMILES string of the molecule is Cc1cccc(S(=O)(=O)c2nc3ccccc3nc2N2CCC(O)CC2)c1. The van der Waals surface area contributed by atoms with Gasteiger partial charge in [0.1, 0.15) is 0 Å². The molecule has 1 aliphatic heterocycles. The number of anilines is 1. The summed E-state index contributed by atoms with van der Waals surface area (Å²) < 4.78 is 26.8. The van der Waals surface area contributed by atoms with Crippen molar-refractivity contribution in [3.8, 4) is 0 Å². The van der Waals surface area contributed by atoms with Gasteiger partial charge in [0.25, 0.3) is 0 Å². The minimum atomic E-state index is -3.82. The fourth-order valence-corrected chi connectivity index (χ4v) is 4.79. The average Bonchev–Trinajstić information content (AvgIpc) is 2.67. The first-order valence-electron chi connectivity index (χ1n) is 8.97. The summed E-state index contributed by atoms with van der Waals surface area (Å²) in [6.07, 6.45) is 0.808. The summed E-state index contributed by atoms with van der Waals surface area (Å²) in [6.45, 7) is 2.95. The number of benzene rings is 2. The van der Waals surface area contributed by atoms with Gasteiger partial charge in [0.2, 0.25) is 14.9 Å². The third-order valence-electron chi connectivity index (χ3n) is 4.84. The van der Waals surface area contributed by atoms with Gasteiger partial charge in [0.15, 0.2) is 5.82 Å². The van der Waals surface area contributed by atoms with Crippen LogP contribution in [0.3, 0.4) is 0 Å². The fraction of sp³-hybridized carbons (Fsp3) is 0.300. The number of nitrogens with zero attached hydrogens (tertiary/aromatic N) is 3. The zero-order valence-electron chi connectivity index (χ0n) is 15.0. The highest BCUT2D eigenvalue weighted by atomic mass is 32.2. The number of piperidine rings is 1. The van der Waals surface area contributed by atoms with E-state index in [1.807, 2.05) is 36.1 Å².